The van der Waals surface area contributed by atoms with Crippen LogP contribution in [0.15, 0.2) is 24.3 Å². The van der Waals surface area contributed by atoms with Crippen LogP contribution < -0.4 is 5.32 Å². The lowest BCUT2D eigenvalue weighted by Crippen LogP contribution is -2.30. The van der Waals surface area contributed by atoms with Crippen molar-refractivity contribution in [1.82, 2.24) is 24.7 Å². The molecule has 0 radical (unpaired) electrons. The number of carbonyl (C=O) groups is 1. The lowest BCUT2D eigenvalue weighted by Gasteiger charge is -2.14. The van der Waals surface area contributed by atoms with Crippen molar-refractivity contribution >= 4 is 51.7 Å². The van der Waals surface area contributed by atoms with E-state index in [0.717, 1.165) is 22.6 Å². The molecule has 9 heteroatoms. The Balaban J connectivity index is 1.85. The quantitative estimate of drug-likeness (QED) is 0.794. The molecule has 0 saturated carbocycles. The van der Waals surface area contributed by atoms with Gasteiger partial charge in [0.1, 0.15) is 21.6 Å². The van der Waals surface area contributed by atoms with Gasteiger partial charge in [-0.2, -0.15) is 4.37 Å². The maximum absolute atomic E-state index is 12.2. The second kappa shape index (κ2) is 5.59. The van der Waals surface area contributed by atoms with E-state index in [-0.39, 0.29) is 27.1 Å². The monoisotopic (exact) mass is 341 g/mol. The smallest absolute Gasteiger partial charge is 0.266 e. The van der Waals surface area contributed by atoms with Gasteiger partial charge in [-0.15, -0.1) is 5.10 Å². The Hall–Kier alpha value is -1.70. The standard InChI is InChI=1S/C12H9Cl2N5OS/c1-6(15-12(20)10-9(13)11(14)17-21-10)19-8-5-3-2-4-7(8)16-18-19/h2-6H,1H3,(H,15,20). The fourth-order valence-electron chi connectivity index (χ4n) is 1.89. The molecule has 0 aliphatic rings. The maximum atomic E-state index is 12.2. The molecule has 0 aliphatic heterocycles. The molecular formula is C12H9Cl2N5OS. The van der Waals surface area contributed by atoms with E-state index in [4.69, 9.17) is 23.2 Å². The number of hydrogen-bond acceptors (Lipinski definition) is 5. The van der Waals surface area contributed by atoms with Crippen molar-refractivity contribution in [3.8, 4) is 0 Å². The summed E-state index contributed by atoms with van der Waals surface area (Å²) in [5, 5.41) is 11.2. The highest BCUT2D eigenvalue weighted by molar-refractivity contribution is 7.09. The fourth-order valence-corrected chi connectivity index (χ4v) is 3.01. The summed E-state index contributed by atoms with van der Waals surface area (Å²) in [6, 6.07) is 7.50. The van der Waals surface area contributed by atoms with Crippen LogP contribution in [0, 0.1) is 0 Å². The minimum Gasteiger partial charge on any atom is -0.330 e. The van der Waals surface area contributed by atoms with Crippen LogP contribution in [0.2, 0.25) is 10.2 Å². The summed E-state index contributed by atoms with van der Waals surface area (Å²) in [6.45, 7) is 1.80. The lowest BCUT2D eigenvalue weighted by atomic mass is 10.3. The molecule has 0 saturated heterocycles. The molecule has 0 bridgehead atoms. The third-order valence-corrected chi connectivity index (χ3v) is 4.68. The van der Waals surface area contributed by atoms with E-state index >= 15 is 0 Å². The third-order valence-electron chi connectivity index (χ3n) is 2.89. The van der Waals surface area contributed by atoms with Gasteiger partial charge in [0.2, 0.25) is 0 Å². The van der Waals surface area contributed by atoms with Crippen LogP contribution in [0.5, 0.6) is 0 Å². The molecule has 2 heterocycles. The lowest BCUT2D eigenvalue weighted by molar-refractivity contribution is 0.0926. The maximum Gasteiger partial charge on any atom is 0.266 e. The van der Waals surface area contributed by atoms with Crippen LogP contribution >= 0.6 is 34.7 Å². The van der Waals surface area contributed by atoms with Gasteiger partial charge in [0, 0.05) is 0 Å². The van der Waals surface area contributed by atoms with E-state index in [1.54, 1.807) is 11.6 Å². The summed E-state index contributed by atoms with van der Waals surface area (Å²) in [5.41, 5.74) is 1.59. The largest absolute Gasteiger partial charge is 0.330 e. The number of halogens is 2. The number of nitrogens with zero attached hydrogens (tertiary/aromatic N) is 4. The average Bonchev–Trinajstić information content (AvgIpc) is 3.04. The first-order chi connectivity index (χ1) is 10.1. The van der Waals surface area contributed by atoms with Gasteiger partial charge in [-0.3, -0.25) is 4.79 Å². The van der Waals surface area contributed by atoms with Crippen molar-refractivity contribution < 1.29 is 4.79 Å². The number of hydrogen-bond donors (Lipinski definition) is 1. The van der Waals surface area contributed by atoms with Crippen LogP contribution in [0.25, 0.3) is 11.0 Å². The first-order valence-corrected chi connectivity index (χ1v) is 7.52. The van der Waals surface area contributed by atoms with Gasteiger partial charge in [0.15, 0.2) is 5.15 Å². The van der Waals surface area contributed by atoms with Gasteiger partial charge in [0.05, 0.1) is 5.52 Å². The summed E-state index contributed by atoms with van der Waals surface area (Å²) in [6.07, 6.45) is -0.387. The number of aromatic nitrogens is 4. The molecule has 0 spiro atoms. The van der Waals surface area contributed by atoms with E-state index in [1.807, 2.05) is 24.3 Å². The molecule has 3 aromatic rings. The van der Waals surface area contributed by atoms with Crippen LogP contribution in [0.3, 0.4) is 0 Å². The molecule has 6 nitrogen and oxygen atoms in total. The molecule has 2 aromatic heterocycles. The zero-order valence-electron chi connectivity index (χ0n) is 10.7. The fraction of sp³-hybridized carbons (Fsp3) is 0.167. The van der Waals surface area contributed by atoms with Crippen molar-refractivity contribution in [2.24, 2.45) is 0 Å². The second-order valence-electron chi connectivity index (χ2n) is 4.29. The predicted octanol–water partition coefficient (Wildman–Crippen LogP) is 3.14. The molecule has 1 aromatic carbocycles. The van der Waals surface area contributed by atoms with Gasteiger partial charge in [-0.25, -0.2) is 4.68 Å². The number of para-hydroxylation sites is 1. The normalized spacial score (nSPS) is 12.5. The second-order valence-corrected chi connectivity index (χ2v) is 5.80. The minimum atomic E-state index is -0.387. The van der Waals surface area contributed by atoms with Crippen molar-refractivity contribution in [1.29, 1.82) is 0 Å². The van der Waals surface area contributed by atoms with Gasteiger partial charge < -0.3 is 5.32 Å². The number of rotatable bonds is 3. The number of carbonyl (C=O) groups excluding carboxylic acids is 1. The Morgan fingerprint density at radius 2 is 2.14 bits per heavy atom. The Labute approximate surface area is 133 Å². The van der Waals surface area contributed by atoms with E-state index in [0.29, 0.717) is 0 Å². The molecule has 1 unspecified atom stereocenters. The highest BCUT2D eigenvalue weighted by Gasteiger charge is 2.20. The topological polar surface area (TPSA) is 72.7 Å². The summed E-state index contributed by atoms with van der Waals surface area (Å²) >= 11 is 12.6. The number of amides is 1. The molecule has 0 aliphatic carbocycles. The summed E-state index contributed by atoms with van der Waals surface area (Å²) in [5.74, 6) is -0.350. The van der Waals surface area contributed by atoms with Crippen molar-refractivity contribution in [3.63, 3.8) is 0 Å². The van der Waals surface area contributed by atoms with Crippen molar-refractivity contribution in [3.05, 3.63) is 39.3 Å². The van der Waals surface area contributed by atoms with E-state index < -0.39 is 0 Å². The van der Waals surface area contributed by atoms with E-state index in [1.165, 1.54) is 0 Å². The zero-order valence-corrected chi connectivity index (χ0v) is 13.1. The molecule has 108 valence electrons. The van der Waals surface area contributed by atoms with Gasteiger partial charge in [-0.1, -0.05) is 40.5 Å². The molecular weight excluding hydrogens is 333 g/mol. The van der Waals surface area contributed by atoms with Gasteiger partial charge in [-0.05, 0) is 30.6 Å². The van der Waals surface area contributed by atoms with E-state index in [2.05, 4.69) is 20.0 Å². The Morgan fingerprint density at radius 1 is 1.38 bits per heavy atom. The zero-order chi connectivity index (χ0) is 15.0. The molecule has 1 atom stereocenters. The molecule has 3 rings (SSSR count). The first kappa shape index (κ1) is 14.2. The van der Waals surface area contributed by atoms with Gasteiger partial charge in [0.25, 0.3) is 5.91 Å². The highest BCUT2D eigenvalue weighted by Crippen LogP contribution is 2.28. The average molecular weight is 342 g/mol. The summed E-state index contributed by atoms with van der Waals surface area (Å²) < 4.78 is 5.47. The third kappa shape index (κ3) is 2.59. The SMILES string of the molecule is CC(NC(=O)c1snc(Cl)c1Cl)n1nnc2ccccc21. The predicted molar refractivity (Wildman–Crippen MR) is 81.8 cm³/mol. The summed E-state index contributed by atoms with van der Waals surface area (Å²) in [4.78, 5) is 12.5. The molecule has 0 fully saturated rings. The number of fused-ring (bicyclic) bond motifs is 1. The minimum absolute atomic E-state index is 0.130. The first-order valence-electron chi connectivity index (χ1n) is 5.99. The van der Waals surface area contributed by atoms with Crippen molar-refractivity contribution in [2.45, 2.75) is 13.1 Å². The van der Waals surface area contributed by atoms with Crippen LogP contribution in [0.1, 0.15) is 22.8 Å². The summed E-state index contributed by atoms with van der Waals surface area (Å²) in [7, 11) is 0. The molecule has 1 amide bonds. The van der Waals surface area contributed by atoms with Crippen molar-refractivity contribution in [2.75, 3.05) is 0 Å². The number of benzene rings is 1. The van der Waals surface area contributed by atoms with Crippen LogP contribution in [0.4, 0.5) is 0 Å². The highest BCUT2D eigenvalue weighted by atomic mass is 35.5. The Morgan fingerprint density at radius 3 is 2.86 bits per heavy atom. The van der Waals surface area contributed by atoms with Gasteiger partial charge >= 0.3 is 0 Å². The Bertz CT molecular complexity index is 815. The van der Waals surface area contributed by atoms with E-state index in [9.17, 15) is 4.79 Å². The number of nitrogens with one attached hydrogen (secondary N) is 1. The van der Waals surface area contributed by atoms with Crippen LogP contribution in [-0.2, 0) is 0 Å². The van der Waals surface area contributed by atoms with Crippen LogP contribution in [-0.4, -0.2) is 25.3 Å². The Kier molecular flexibility index (Phi) is 3.79. The molecule has 21 heavy (non-hydrogen) atoms. The molecule has 1 N–H and O–H groups in total.